The molecule has 1 saturated heterocycles. The van der Waals surface area contributed by atoms with Gasteiger partial charge in [-0.15, -0.1) is 0 Å². The molecule has 2 aromatic rings. The van der Waals surface area contributed by atoms with E-state index in [1.54, 1.807) is 0 Å². The van der Waals surface area contributed by atoms with Crippen LogP contribution in [0, 0.1) is 12.8 Å². The van der Waals surface area contributed by atoms with Gasteiger partial charge in [-0.2, -0.15) is 5.10 Å². The molecule has 0 radical (unpaired) electrons. The van der Waals surface area contributed by atoms with E-state index in [4.69, 9.17) is 4.74 Å². The zero-order chi connectivity index (χ0) is 14.6. The van der Waals surface area contributed by atoms with Crippen molar-refractivity contribution in [3.8, 4) is 0 Å². The average molecular weight is 349 g/mol. The van der Waals surface area contributed by atoms with Gasteiger partial charge < -0.3 is 4.74 Å². The average Bonchev–Trinajstić information content (AvgIpc) is 3.03. The Kier molecular flexibility index (Phi) is 3.34. The fourth-order valence-electron chi connectivity index (χ4n) is 3.61. The Labute approximate surface area is 133 Å². The highest BCUT2D eigenvalue weighted by molar-refractivity contribution is 9.10. The van der Waals surface area contributed by atoms with E-state index in [9.17, 15) is 0 Å². The zero-order valence-electron chi connectivity index (χ0n) is 12.6. The van der Waals surface area contributed by atoms with E-state index in [1.165, 1.54) is 45.8 Å². The van der Waals surface area contributed by atoms with Gasteiger partial charge in [-0.25, -0.2) is 4.68 Å². The van der Waals surface area contributed by atoms with Crippen LogP contribution < -0.4 is 0 Å². The molecule has 2 aliphatic rings. The lowest BCUT2D eigenvalue weighted by molar-refractivity contribution is -0.0366. The van der Waals surface area contributed by atoms with Crippen LogP contribution in [0.1, 0.15) is 55.9 Å². The Bertz CT molecular complexity index is 688. The van der Waals surface area contributed by atoms with Crippen molar-refractivity contribution in [3.05, 3.63) is 27.9 Å². The molecule has 1 aliphatic heterocycles. The van der Waals surface area contributed by atoms with Gasteiger partial charge in [-0.1, -0.05) is 6.92 Å². The second kappa shape index (κ2) is 5.10. The van der Waals surface area contributed by atoms with Crippen LogP contribution in [0.2, 0.25) is 0 Å². The summed E-state index contributed by atoms with van der Waals surface area (Å²) in [5.41, 5.74) is 4.06. The highest BCUT2D eigenvalue weighted by atomic mass is 79.9. The van der Waals surface area contributed by atoms with Crippen LogP contribution >= 0.6 is 15.9 Å². The summed E-state index contributed by atoms with van der Waals surface area (Å²) in [6.45, 7) is 5.41. The summed E-state index contributed by atoms with van der Waals surface area (Å²) in [6, 6.07) is 2.30. The van der Waals surface area contributed by atoms with Crippen molar-refractivity contribution in [2.24, 2.45) is 5.92 Å². The monoisotopic (exact) mass is 348 g/mol. The first kappa shape index (κ1) is 13.8. The summed E-state index contributed by atoms with van der Waals surface area (Å²) in [6.07, 6.45) is 6.87. The molecule has 21 heavy (non-hydrogen) atoms. The minimum atomic E-state index is 0.105. The number of ether oxygens (including phenoxy) is 1. The number of benzene rings is 1. The maximum Gasteiger partial charge on any atom is 0.150 e. The second-order valence-corrected chi connectivity index (χ2v) is 7.38. The molecule has 3 nitrogen and oxygen atoms in total. The predicted molar refractivity (Wildman–Crippen MR) is 87.5 cm³/mol. The first-order chi connectivity index (χ1) is 10.2. The fourth-order valence-corrected chi connectivity index (χ4v) is 4.52. The van der Waals surface area contributed by atoms with Gasteiger partial charge in [0.1, 0.15) is 0 Å². The molecular weight excluding hydrogens is 328 g/mol. The SMILES string of the molecule is Cc1cc2c(cnn2C2CCCCO2)c(Br)c1[C@H]1C[C@H]1C. The molecule has 1 unspecified atom stereocenters. The van der Waals surface area contributed by atoms with Crippen LogP contribution in [0.4, 0.5) is 0 Å². The van der Waals surface area contributed by atoms with Gasteiger partial charge in [0.05, 0.1) is 11.7 Å². The summed E-state index contributed by atoms with van der Waals surface area (Å²) in [5, 5.41) is 5.85. The molecule has 112 valence electrons. The number of halogens is 1. The summed E-state index contributed by atoms with van der Waals surface area (Å²) >= 11 is 3.84. The molecule has 1 aromatic carbocycles. The molecule has 0 spiro atoms. The van der Waals surface area contributed by atoms with Crippen LogP contribution in [-0.2, 0) is 4.74 Å². The van der Waals surface area contributed by atoms with Crippen LogP contribution in [0.3, 0.4) is 0 Å². The number of aryl methyl sites for hydroxylation is 1. The van der Waals surface area contributed by atoms with Crippen molar-refractivity contribution < 1.29 is 4.74 Å². The Balaban J connectivity index is 1.81. The lowest BCUT2D eigenvalue weighted by Crippen LogP contribution is -2.19. The Morgan fingerprint density at radius 2 is 2.19 bits per heavy atom. The number of aromatic nitrogens is 2. The van der Waals surface area contributed by atoms with E-state index in [0.717, 1.165) is 24.9 Å². The van der Waals surface area contributed by atoms with Gasteiger partial charge in [0, 0.05) is 16.5 Å². The molecular formula is C17H21BrN2O. The van der Waals surface area contributed by atoms with E-state index >= 15 is 0 Å². The molecule has 0 N–H and O–H groups in total. The highest BCUT2D eigenvalue weighted by Crippen LogP contribution is 2.51. The minimum absolute atomic E-state index is 0.105. The second-order valence-electron chi connectivity index (χ2n) is 6.58. The van der Waals surface area contributed by atoms with Gasteiger partial charge in [0.25, 0.3) is 0 Å². The van der Waals surface area contributed by atoms with Crippen LogP contribution in [0.25, 0.3) is 10.9 Å². The van der Waals surface area contributed by atoms with E-state index in [2.05, 4.69) is 45.6 Å². The number of hydrogen-bond donors (Lipinski definition) is 0. The van der Waals surface area contributed by atoms with Gasteiger partial charge in [0.2, 0.25) is 0 Å². The molecule has 3 atom stereocenters. The Hall–Kier alpha value is -0.870. The van der Waals surface area contributed by atoms with E-state index in [-0.39, 0.29) is 6.23 Å². The van der Waals surface area contributed by atoms with E-state index in [0.29, 0.717) is 0 Å². The van der Waals surface area contributed by atoms with Gasteiger partial charge in [0.15, 0.2) is 6.23 Å². The predicted octanol–water partition coefficient (Wildman–Crippen LogP) is 4.93. The van der Waals surface area contributed by atoms with Gasteiger partial charge in [-0.3, -0.25) is 0 Å². The molecule has 1 aliphatic carbocycles. The lowest BCUT2D eigenvalue weighted by Gasteiger charge is -2.23. The number of rotatable bonds is 2. The van der Waals surface area contributed by atoms with Crippen molar-refractivity contribution in [2.45, 2.75) is 51.7 Å². The molecule has 4 rings (SSSR count). The van der Waals surface area contributed by atoms with Gasteiger partial charge >= 0.3 is 0 Å². The summed E-state index contributed by atoms with van der Waals surface area (Å²) < 4.78 is 9.22. The third-order valence-corrected chi connectivity index (χ3v) is 5.85. The van der Waals surface area contributed by atoms with Crippen molar-refractivity contribution in [2.75, 3.05) is 6.61 Å². The molecule has 0 amide bonds. The normalized spacial score (nSPS) is 29.0. The molecule has 1 aromatic heterocycles. The van der Waals surface area contributed by atoms with Crippen LogP contribution in [0.5, 0.6) is 0 Å². The summed E-state index contributed by atoms with van der Waals surface area (Å²) in [7, 11) is 0. The minimum Gasteiger partial charge on any atom is -0.356 e. The largest absolute Gasteiger partial charge is 0.356 e. The maximum atomic E-state index is 5.90. The Morgan fingerprint density at radius 1 is 1.38 bits per heavy atom. The van der Waals surface area contributed by atoms with Gasteiger partial charge in [-0.05, 0) is 77.6 Å². The Morgan fingerprint density at radius 3 is 2.86 bits per heavy atom. The standard InChI is InChI=1S/C17H21BrN2O/c1-10-7-12(10)16-11(2)8-14-13(17(16)18)9-19-20(14)15-5-3-4-6-21-15/h8-10,12,15H,3-7H2,1-2H3/t10-,12+,15?/m1/s1. The van der Waals surface area contributed by atoms with Crippen LogP contribution in [0.15, 0.2) is 16.7 Å². The maximum absolute atomic E-state index is 5.90. The molecule has 2 heterocycles. The molecule has 0 bridgehead atoms. The molecule has 2 fully saturated rings. The smallest absolute Gasteiger partial charge is 0.150 e. The lowest BCUT2D eigenvalue weighted by atomic mass is 10.0. The first-order valence-electron chi connectivity index (χ1n) is 7.94. The summed E-state index contributed by atoms with van der Waals surface area (Å²) in [5.74, 6) is 1.53. The van der Waals surface area contributed by atoms with Crippen molar-refractivity contribution in [1.29, 1.82) is 0 Å². The molecule has 4 heteroatoms. The molecule has 1 saturated carbocycles. The zero-order valence-corrected chi connectivity index (χ0v) is 14.2. The number of fused-ring (bicyclic) bond motifs is 1. The third kappa shape index (κ3) is 2.23. The highest BCUT2D eigenvalue weighted by Gasteiger charge is 2.37. The topological polar surface area (TPSA) is 27.1 Å². The third-order valence-electron chi connectivity index (χ3n) is 4.99. The summed E-state index contributed by atoms with van der Waals surface area (Å²) in [4.78, 5) is 0. The van der Waals surface area contributed by atoms with E-state index in [1.807, 2.05) is 6.20 Å². The van der Waals surface area contributed by atoms with E-state index < -0.39 is 0 Å². The number of nitrogens with zero attached hydrogens (tertiary/aromatic N) is 2. The number of hydrogen-bond acceptors (Lipinski definition) is 2. The van der Waals surface area contributed by atoms with Crippen LogP contribution in [-0.4, -0.2) is 16.4 Å². The van der Waals surface area contributed by atoms with Crippen molar-refractivity contribution in [3.63, 3.8) is 0 Å². The van der Waals surface area contributed by atoms with Crippen molar-refractivity contribution >= 4 is 26.8 Å². The first-order valence-corrected chi connectivity index (χ1v) is 8.74. The quantitative estimate of drug-likeness (QED) is 0.769. The van der Waals surface area contributed by atoms with Crippen molar-refractivity contribution in [1.82, 2.24) is 9.78 Å². The fraction of sp³-hybridized carbons (Fsp3) is 0.588.